The number of hydrogen-bond donors (Lipinski definition) is 1. The highest BCUT2D eigenvalue weighted by Gasteiger charge is 2.19. The minimum absolute atomic E-state index is 0.376. The number of allylic oxidation sites excluding steroid dienone is 3. The molecule has 4 heteroatoms. The standard InChI is InChI=1S/C7H10O3S/c1-6-2-4-7(5-3-6)11(8,9)10/h2-4,7H,5H2,1H3,(H,8,9,10)/t7-/m0/s1. The second-order valence-corrected chi connectivity index (χ2v) is 4.23. The summed E-state index contributed by atoms with van der Waals surface area (Å²) in [5.41, 5.74) is 1.03. The van der Waals surface area contributed by atoms with Crippen molar-refractivity contribution in [1.82, 2.24) is 0 Å². The summed E-state index contributed by atoms with van der Waals surface area (Å²) in [7, 11) is -3.88. The number of hydrogen-bond acceptors (Lipinski definition) is 2. The van der Waals surface area contributed by atoms with Crippen molar-refractivity contribution in [3.63, 3.8) is 0 Å². The van der Waals surface area contributed by atoms with E-state index < -0.39 is 15.4 Å². The first-order valence-corrected chi connectivity index (χ1v) is 4.82. The van der Waals surface area contributed by atoms with Gasteiger partial charge in [0.1, 0.15) is 5.25 Å². The van der Waals surface area contributed by atoms with Crippen LogP contribution in [0.25, 0.3) is 0 Å². The van der Waals surface area contributed by atoms with Crippen LogP contribution in [0.3, 0.4) is 0 Å². The van der Waals surface area contributed by atoms with Gasteiger partial charge >= 0.3 is 0 Å². The molecule has 1 N–H and O–H groups in total. The highest BCUT2D eigenvalue weighted by atomic mass is 32.2. The Bertz CT molecular complexity index is 298. The lowest BCUT2D eigenvalue weighted by Crippen LogP contribution is -2.18. The van der Waals surface area contributed by atoms with Crippen LogP contribution in [-0.2, 0) is 10.1 Å². The minimum atomic E-state index is -3.88. The van der Waals surface area contributed by atoms with Gasteiger partial charge in [-0.3, -0.25) is 4.55 Å². The molecule has 0 spiro atoms. The molecular formula is C7H10O3S. The molecule has 1 aliphatic carbocycles. The van der Waals surface area contributed by atoms with Gasteiger partial charge in [-0.05, 0) is 13.3 Å². The van der Waals surface area contributed by atoms with Crippen molar-refractivity contribution < 1.29 is 13.0 Å². The van der Waals surface area contributed by atoms with Crippen molar-refractivity contribution in [1.29, 1.82) is 0 Å². The van der Waals surface area contributed by atoms with Crippen molar-refractivity contribution in [3.8, 4) is 0 Å². The van der Waals surface area contributed by atoms with Gasteiger partial charge in [-0.15, -0.1) is 0 Å². The molecule has 0 aliphatic heterocycles. The Kier molecular flexibility index (Phi) is 2.15. The molecule has 62 valence electrons. The van der Waals surface area contributed by atoms with Crippen LogP contribution in [0.1, 0.15) is 13.3 Å². The van der Waals surface area contributed by atoms with E-state index in [0.717, 1.165) is 5.57 Å². The molecule has 0 aromatic rings. The molecule has 0 radical (unpaired) electrons. The fourth-order valence-electron chi connectivity index (χ4n) is 0.929. The molecule has 0 saturated carbocycles. The third kappa shape index (κ3) is 2.17. The molecule has 11 heavy (non-hydrogen) atoms. The molecule has 0 heterocycles. The van der Waals surface area contributed by atoms with E-state index in [4.69, 9.17) is 4.55 Å². The van der Waals surface area contributed by atoms with Crippen molar-refractivity contribution in [2.45, 2.75) is 18.6 Å². The van der Waals surface area contributed by atoms with Crippen LogP contribution in [0.4, 0.5) is 0 Å². The van der Waals surface area contributed by atoms with E-state index in [1.807, 2.05) is 6.92 Å². The van der Waals surface area contributed by atoms with E-state index in [1.54, 1.807) is 12.2 Å². The highest BCUT2D eigenvalue weighted by Crippen LogP contribution is 2.15. The molecule has 0 unspecified atom stereocenters. The summed E-state index contributed by atoms with van der Waals surface area (Å²) in [6.07, 6.45) is 5.37. The SMILES string of the molecule is CC1=CC[C@@H](S(=O)(=O)O)C=C1. The second-order valence-electron chi connectivity index (χ2n) is 2.60. The molecule has 0 aromatic carbocycles. The quantitative estimate of drug-likeness (QED) is 0.607. The molecule has 1 aliphatic rings. The first kappa shape index (κ1) is 8.49. The van der Waals surface area contributed by atoms with Crippen molar-refractivity contribution in [2.75, 3.05) is 0 Å². The van der Waals surface area contributed by atoms with Crippen LogP contribution in [0, 0.1) is 0 Å². The van der Waals surface area contributed by atoms with Gasteiger partial charge in [-0.25, -0.2) is 0 Å². The van der Waals surface area contributed by atoms with Crippen LogP contribution >= 0.6 is 0 Å². The topological polar surface area (TPSA) is 54.4 Å². The predicted octanol–water partition coefficient (Wildman–Crippen LogP) is 1.15. The average Bonchev–Trinajstić information content (AvgIpc) is 1.86. The first-order chi connectivity index (χ1) is 5.00. The minimum Gasteiger partial charge on any atom is -0.285 e. The first-order valence-electron chi connectivity index (χ1n) is 3.31. The van der Waals surface area contributed by atoms with Gasteiger partial charge < -0.3 is 0 Å². The van der Waals surface area contributed by atoms with E-state index in [2.05, 4.69) is 0 Å². The summed E-state index contributed by atoms with van der Waals surface area (Å²) in [5.74, 6) is 0. The van der Waals surface area contributed by atoms with Gasteiger partial charge in [-0.2, -0.15) is 8.42 Å². The Morgan fingerprint density at radius 2 is 2.27 bits per heavy atom. The molecule has 0 amide bonds. The van der Waals surface area contributed by atoms with Gasteiger partial charge in [0.15, 0.2) is 0 Å². The van der Waals surface area contributed by atoms with Crippen LogP contribution in [-0.4, -0.2) is 18.2 Å². The zero-order valence-electron chi connectivity index (χ0n) is 6.19. The Balaban J connectivity index is 2.79. The third-order valence-corrected chi connectivity index (χ3v) is 2.74. The zero-order chi connectivity index (χ0) is 8.48. The lowest BCUT2D eigenvalue weighted by atomic mass is 10.1. The second kappa shape index (κ2) is 2.79. The lowest BCUT2D eigenvalue weighted by Gasteiger charge is -2.10. The maximum Gasteiger partial charge on any atom is 0.271 e. The predicted molar refractivity (Wildman–Crippen MR) is 42.9 cm³/mol. The van der Waals surface area contributed by atoms with Gasteiger partial charge in [0.2, 0.25) is 0 Å². The summed E-state index contributed by atoms with van der Waals surface area (Å²) in [6, 6.07) is 0. The Morgan fingerprint density at radius 1 is 1.64 bits per heavy atom. The smallest absolute Gasteiger partial charge is 0.271 e. The van der Waals surface area contributed by atoms with Gasteiger partial charge in [0.25, 0.3) is 10.1 Å². The maximum absolute atomic E-state index is 10.6. The van der Waals surface area contributed by atoms with E-state index in [1.165, 1.54) is 6.08 Å². The zero-order valence-corrected chi connectivity index (χ0v) is 7.00. The van der Waals surface area contributed by atoms with Crippen molar-refractivity contribution >= 4 is 10.1 Å². The average molecular weight is 174 g/mol. The van der Waals surface area contributed by atoms with Crippen LogP contribution < -0.4 is 0 Å². The summed E-state index contributed by atoms with van der Waals surface area (Å²) in [6.45, 7) is 1.89. The van der Waals surface area contributed by atoms with Crippen molar-refractivity contribution in [2.24, 2.45) is 0 Å². The van der Waals surface area contributed by atoms with Gasteiger partial charge in [-0.1, -0.05) is 23.8 Å². The van der Waals surface area contributed by atoms with E-state index >= 15 is 0 Å². The summed E-state index contributed by atoms with van der Waals surface area (Å²) in [4.78, 5) is 0. The highest BCUT2D eigenvalue weighted by molar-refractivity contribution is 7.86. The van der Waals surface area contributed by atoms with Crippen molar-refractivity contribution in [3.05, 3.63) is 23.8 Å². The fourth-order valence-corrected chi connectivity index (χ4v) is 1.55. The van der Waals surface area contributed by atoms with E-state index in [9.17, 15) is 8.42 Å². The van der Waals surface area contributed by atoms with E-state index in [0.29, 0.717) is 6.42 Å². The monoisotopic (exact) mass is 174 g/mol. The Morgan fingerprint density at radius 3 is 2.64 bits per heavy atom. The molecule has 0 bridgehead atoms. The number of rotatable bonds is 1. The van der Waals surface area contributed by atoms with Crippen LogP contribution in [0.2, 0.25) is 0 Å². The van der Waals surface area contributed by atoms with Gasteiger partial charge in [0, 0.05) is 0 Å². The Labute approximate surface area is 66.2 Å². The fraction of sp³-hybridized carbons (Fsp3) is 0.429. The molecule has 1 atom stereocenters. The summed E-state index contributed by atoms with van der Waals surface area (Å²) >= 11 is 0. The molecule has 1 rings (SSSR count). The van der Waals surface area contributed by atoms with E-state index in [-0.39, 0.29) is 0 Å². The van der Waals surface area contributed by atoms with Crippen LogP contribution in [0.5, 0.6) is 0 Å². The summed E-state index contributed by atoms with van der Waals surface area (Å²) in [5, 5.41) is -0.744. The maximum atomic E-state index is 10.6. The lowest BCUT2D eigenvalue weighted by molar-refractivity contribution is 0.474. The normalized spacial score (nSPS) is 24.9. The Hall–Kier alpha value is -0.610. The van der Waals surface area contributed by atoms with Gasteiger partial charge in [0.05, 0.1) is 0 Å². The third-order valence-electron chi connectivity index (χ3n) is 1.63. The molecular weight excluding hydrogens is 164 g/mol. The molecule has 0 saturated heterocycles. The van der Waals surface area contributed by atoms with Crippen LogP contribution in [0.15, 0.2) is 23.8 Å². The largest absolute Gasteiger partial charge is 0.285 e. The molecule has 0 aromatic heterocycles. The molecule has 0 fully saturated rings. The summed E-state index contributed by atoms with van der Waals surface area (Å²) < 4.78 is 29.8. The molecule has 3 nitrogen and oxygen atoms in total.